The molecule has 18 heavy (non-hydrogen) atoms. The lowest BCUT2D eigenvalue weighted by Crippen LogP contribution is -2.39. The minimum atomic E-state index is -0.565. The summed E-state index contributed by atoms with van der Waals surface area (Å²) in [7, 11) is 0. The van der Waals surface area contributed by atoms with E-state index in [-0.39, 0.29) is 5.92 Å². The molecule has 2 fully saturated rings. The molecule has 1 N–H and O–H groups in total. The molecule has 2 heterocycles. The maximum absolute atomic E-state index is 10.7. The summed E-state index contributed by atoms with van der Waals surface area (Å²) >= 11 is 0. The lowest BCUT2D eigenvalue weighted by atomic mass is 9.88. The van der Waals surface area contributed by atoms with Gasteiger partial charge in [-0.3, -0.25) is 0 Å². The van der Waals surface area contributed by atoms with Crippen LogP contribution in [0.3, 0.4) is 0 Å². The second-order valence-electron chi connectivity index (χ2n) is 5.54. The summed E-state index contributed by atoms with van der Waals surface area (Å²) in [6.45, 7) is 3.56. The number of aliphatic hydroxyl groups is 1. The quantitative estimate of drug-likeness (QED) is 0.856. The van der Waals surface area contributed by atoms with Crippen LogP contribution in [-0.2, 0) is 0 Å². The van der Waals surface area contributed by atoms with Gasteiger partial charge in [-0.15, -0.1) is 0 Å². The van der Waals surface area contributed by atoms with Crippen LogP contribution >= 0.6 is 0 Å². The Morgan fingerprint density at radius 3 is 2.94 bits per heavy atom. The van der Waals surface area contributed by atoms with Gasteiger partial charge in [-0.1, -0.05) is 13.0 Å². The number of nitrogens with zero attached hydrogens (tertiary/aromatic N) is 3. The van der Waals surface area contributed by atoms with Crippen LogP contribution in [0.1, 0.15) is 25.5 Å². The standard InChI is InChI=1S/C14H17N3O/c1-10-8-17(9-14(10,18)11-5-6-11)13-4-2-3-12(7-15)16-13/h2-4,10-11,18H,5-6,8-9H2,1H3/t10-,14+/m1/s1. The fourth-order valence-electron chi connectivity index (χ4n) is 2.97. The van der Waals surface area contributed by atoms with E-state index in [1.165, 1.54) is 0 Å². The van der Waals surface area contributed by atoms with E-state index in [9.17, 15) is 5.11 Å². The van der Waals surface area contributed by atoms with Gasteiger partial charge in [0.25, 0.3) is 0 Å². The molecular weight excluding hydrogens is 226 g/mol. The highest BCUT2D eigenvalue weighted by Crippen LogP contribution is 2.47. The highest BCUT2D eigenvalue weighted by atomic mass is 16.3. The van der Waals surface area contributed by atoms with Gasteiger partial charge in [-0.05, 0) is 30.9 Å². The number of aromatic nitrogens is 1. The van der Waals surface area contributed by atoms with Crippen molar-refractivity contribution in [3.8, 4) is 6.07 Å². The van der Waals surface area contributed by atoms with Gasteiger partial charge in [0.05, 0.1) is 5.60 Å². The summed E-state index contributed by atoms with van der Waals surface area (Å²) in [5, 5.41) is 19.6. The Morgan fingerprint density at radius 2 is 2.28 bits per heavy atom. The van der Waals surface area contributed by atoms with Gasteiger partial charge < -0.3 is 10.0 Å². The zero-order valence-corrected chi connectivity index (χ0v) is 10.5. The number of anilines is 1. The first kappa shape index (κ1) is 11.5. The maximum Gasteiger partial charge on any atom is 0.142 e. The molecule has 0 amide bonds. The zero-order chi connectivity index (χ0) is 12.8. The first-order chi connectivity index (χ1) is 8.63. The van der Waals surface area contributed by atoms with Crippen LogP contribution < -0.4 is 4.90 Å². The summed E-state index contributed by atoms with van der Waals surface area (Å²) in [6, 6.07) is 7.52. The molecule has 1 aromatic heterocycles. The van der Waals surface area contributed by atoms with Crippen molar-refractivity contribution in [3.05, 3.63) is 23.9 Å². The molecule has 1 aromatic rings. The predicted molar refractivity (Wildman–Crippen MR) is 68.0 cm³/mol. The maximum atomic E-state index is 10.7. The van der Waals surface area contributed by atoms with Gasteiger partial charge in [0.15, 0.2) is 0 Å². The Kier molecular flexibility index (Phi) is 2.53. The average molecular weight is 243 g/mol. The number of rotatable bonds is 2. The number of hydrogen-bond acceptors (Lipinski definition) is 4. The molecule has 1 aliphatic carbocycles. The van der Waals surface area contributed by atoms with Crippen LogP contribution in [0.5, 0.6) is 0 Å². The van der Waals surface area contributed by atoms with Gasteiger partial charge in [0.2, 0.25) is 0 Å². The van der Waals surface area contributed by atoms with Crippen molar-refractivity contribution in [2.24, 2.45) is 11.8 Å². The molecule has 0 aromatic carbocycles. The fraction of sp³-hybridized carbons (Fsp3) is 0.571. The minimum Gasteiger partial charge on any atom is -0.387 e. The molecular formula is C14H17N3O. The lowest BCUT2D eigenvalue weighted by Gasteiger charge is -2.26. The molecule has 0 radical (unpaired) electrons. The van der Waals surface area contributed by atoms with E-state index in [0.29, 0.717) is 18.2 Å². The monoisotopic (exact) mass is 243 g/mol. The van der Waals surface area contributed by atoms with E-state index < -0.39 is 5.60 Å². The molecule has 3 rings (SSSR count). The van der Waals surface area contributed by atoms with E-state index in [4.69, 9.17) is 5.26 Å². The highest BCUT2D eigenvalue weighted by Gasteiger charge is 2.52. The van der Waals surface area contributed by atoms with E-state index >= 15 is 0 Å². The van der Waals surface area contributed by atoms with Gasteiger partial charge >= 0.3 is 0 Å². The largest absolute Gasteiger partial charge is 0.387 e. The highest BCUT2D eigenvalue weighted by molar-refractivity contribution is 5.44. The first-order valence-corrected chi connectivity index (χ1v) is 6.48. The Morgan fingerprint density at radius 1 is 1.50 bits per heavy atom. The van der Waals surface area contributed by atoms with Crippen molar-refractivity contribution in [2.75, 3.05) is 18.0 Å². The molecule has 0 spiro atoms. The summed E-state index contributed by atoms with van der Waals surface area (Å²) in [6.07, 6.45) is 2.28. The molecule has 1 aliphatic heterocycles. The van der Waals surface area contributed by atoms with Crippen molar-refractivity contribution in [1.29, 1.82) is 5.26 Å². The SMILES string of the molecule is C[C@@H]1CN(c2cccc(C#N)n2)C[C@@]1(O)C1CC1. The van der Waals surface area contributed by atoms with Crippen LogP contribution in [0.2, 0.25) is 0 Å². The van der Waals surface area contributed by atoms with E-state index in [1.54, 1.807) is 6.07 Å². The Bertz CT molecular complexity index is 506. The Labute approximate surface area is 107 Å². The minimum absolute atomic E-state index is 0.262. The summed E-state index contributed by atoms with van der Waals surface area (Å²) < 4.78 is 0. The third kappa shape index (κ3) is 1.75. The van der Waals surface area contributed by atoms with E-state index in [1.807, 2.05) is 12.1 Å². The number of hydrogen-bond donors (Lipinski definition) is 1. The van der Waals surface area contributed by atoms with Crippen LogP contribution in [0.4, 0.5) is 5.82 Å². The molecule has 2 aliphatic rings. The lowest BCUT2D eigenvalue weighted by molar-refractivity contribution is 0.00281. The third-order valence-electron chi connectivity index (χ3n) is 4.25. The van der Waals surface area contributed by atoms with Crippen molar-refractivity contribution >= 4 is 5.82 Å². The molecule has 0 bridgehead atoms. The molecule has 94 valence electrons. The van der Waals surface area contributed by atoms with Crippen LogP contribution in [-0.4, -0.2) is 28.8 Å². The normalized spacial score (nSPS) is 31.4. The van der Waals surface area contributed by atoms with Crippen molar-refractivity contribution in [3.63, 3.8) is 0 Å². The second-order valence-corrected chi connectivity index (χ2v) is 5.54. The summed E-state index contributed by atoms with van der Waals surface area (Å²) in [5.74, 6) is 1.52. The molecule has 1 saturated carbocycles. The van der Waals surface area contributed by atoms with Crippen molar-refractivity contribution in [1.82, 2.24) is 4.98 Å². The van der Waals surface area contributed by atoms with E-state index in [2.05, 4.69) is 22.9 Å². The molecule has 1 saturated heterocycles. The van der Waals surface area contributed by atoms with Crippen molar-refractivity contribution < 1.29 is 5.11 Å². The van der Waals surface area contributed by atoms with Crippen LogP contribution in [0.15, 0.2) is 18.2 Å². The van der Waals surface area contributed by atoms with Gasteiger partial charge in [0.1, 0.15) is 17.6 Å². The van der Waals surface area contributed by atoms with Gasteiger partial charge in [-0.2, -0.15) is 5.26 Å². The summed E-state index contributed by atoms with van der Waals surface area (Å²) in [5.41, 5.74) is -0.133. The first-order valence-electron chi connectivity index (χ1n) is 6.48. The predicted octanol–water partition coefficient (Wildman–Crippen LogP) is 1.55. The average Bonchev–Trinajstić information content (AvgIpc) is 3.18. The summed E-state index contributed by atoms with van der Waals surface area (Å²) in [4.78, 5) is 6.41. The smallest absolute Gasteiger partial charge is 0.142 e. The molecule has 2 atom stereocenters. The van der Waals surface area contributed by atoms with Crippen molar-refractivity contribution in [2.45, 2.75) is 25.4 Å². The van der Waals surface area contributed by atoms with Gasteiger partial charge in [0, 0.05) is 19.0 Å². The Hall–Kier alpha value is -1.60. The topological polar surface area (TPSA) is 60.2 Å². The second kappa shape index (κ2) is 3.96. The van der Waals surface area contributed by atoms with Gasteiger partial charge in [-0.25, -0.2) is 4.98 Å². The van der Waals surface area contributed by atoms with E-state index in [0.717, 1.165) is 25.2 Å². The molecule has 4 heteroatoms. The fourth-order valence-corrected chi connectivity index (χ4v) is 2.97. The number of pyridine rings is 1. The number of β-amino-alcohol motifs (C(OH)–C–C–N with tert-alkyl or cyclic N) is 1. The molecule has 4 nitrogen and oxygen atoms in total. The molecule has 0 unspecified atom stereocenters. The van der Waals surface area contributed by atoms with Crippen LogP contribution in [0, 0.1) is 23.2 Å². The van der Waals surface area contributed by atoms with Crippen LogP contribution in [0.25, 0.3) is 0 Å². The Balaban J connectivity index is 1.84. The third-order valence-corrected chi connectivity index (χ3v) is 4.25. The zero-order valence-electron chi connectivity index (χ0n) is 10.5. The number of nitriles is 1.